The summed E-state index contributed by atoms with van der Waals surface area (Å²) >= 11 is 0. The van der Waals surface area contributed by atoms with Crippen molar-refractivity contribution >= 4 is 17.8 Å². The maximum atomic E-state index is 12.8. The van der Waals surface area contributed by atoms with Gasteiger partial charge < -0.3 is 15.0 Å². The smallest absolute Gasteiger partial charge is 0.309 e. The van der Waals surface area contributed by atoms with E-state index < -0.39 is 6.10 Å². The van der Waals surface area contributed by atoms with E-state index in [0.717, 1.165) is 17.4 Å². The van der Waals surface area contributed by atoms with Crippen LogP contribution in [0, 0.1) is 30.6 Å². The molecule has 1 heterocycles. The number of piperidine rings is 1. The maximum Gasteiger partial charge on any atom is 0.309 e. The zero-order valence-electron chi connectivity index (χ0n) is 19.5. The van der Waals surface area contributed by atoms with Crippen molar-refractivity contribution in [2.75, 3.05) is 13.1 Å². The molecule has 2 bridgehead atoms. The van der Waals surface area contributed by atoms with Crippen LogP contribution in [0.2, 0.25) is 0 Å². The lowest BCUT2D eigenvalue weighted by atomic mass is 9.84. The van der Waals surface area contributed by atoms with Crippen molar-refractivity contribution in [3.05, 3.63) is 35.4 Å². The highest BCUT2D eigenvalue weighted by Gasteiger charge is 2.42. The molecule has 0 aromatic heterocycles. The minimum absolute atomic E-state index is 0.0114. The molecule has 0 spiro atoms. The summed E-state index contributed by atoms with van der Waals surface area (Å²) in [5, 5.41) is 3.09. The van der Waals surface area contributed by atoms with E-state index in [1.165, 1.54) is 25.7 Å². The molecule has 1 aromatic rings. The van der Waals surface area contributed by atoms with E-state index in [1.807, 2.05) is 31.2 Å². The Morgan fingerprint density at radius 1 is 1.03 bits per heavy atom. The summed E-state index contributed by atoms with van der Waals surface area (Å²) in [7, 11) is 0. The first-order valence-corrected chi connectivity index (χ1v) is 12.2. The Morgan fingerprint density at radius 3 is 2.38 bits per heavy atom. The average Bonchev–Trinajstić information content (AvgIpc) is 3.43. The second-order valence-electron chi connectivity index (χ2n) is 10.1. The zero-order chi connectivity index (χ0) is 22.8. The summed E-state index contributed by atoms with van der Waals surface area (Å²) in [6.07, 6.45) is 5.46. The van der Waals surface area contributed by atoms with Crippen molar-refractivity contribution in [1.29, 1.82) is 0 Å². The molecule has 0 radical (unpaired) electrons. The molecule has 174 valence electrons. The molecule has 1 aliphatic heterocycles. The van der Waals surface area contributed by atoms with E-state index in [9.17, 15) is 14.4 Å². The lowest BCUT2D eigenvalue weighted by Gasteiger charge is -2.32. The Hall–Kier alpha value is -2.37. The van der Waals surface area contributed by atoms with Gasteiger partial charge in [0.2, 0.25) is 0 Å². The molecule has 32 heavy (non-hydrogen) atoms. The van der Waals surface area contributed by atoms with Crippen LogP contribution in [0.15, 0.2) is 24.3 Å². The monoisotopic (exact) mass is 440 g/mol. The van der Waals surface area contributed by atoms with Gasteiger partial charge in [-0.2, -0.15) is 0 Å². The van der Waals surface area contributed by atoms with Crippen LogP contribution in [0.5, 0.6) is 0 Å². The van der Waals surface area contributed by atoms with Gasteiger partial charge in [0.05, 0.1) is 5.92 Å². The summed E-state index contributed by atoms with van der Waals surface area (Å²) in [5.41, 5.74) is 1.67. The fourth-order valence-corrected chi connectivity index (χ4v) is 5.98. The van der Waals surface area contributed by atoms with Crippen molar-refractivity contribution in [3.63, 3.8) is 0 Å². The van der Waals surface area contributed by atoms with Gasteiger partial charge in [0.1, 0.15) is 0 Å². The van der Waals surface area contributed by atoms with Gasteiger partial charge in [0.25, 0.3) is 11.8 Å². The molecule has 3 aliphatic rings. The number of likely N-dealkylation sites (tertiary alicyclic amines) is 1. The van der Waals surface area contributed by atoms with E-state index in [4.69, 9.17) is 4.74 Å². The first-order valence-electron chi connectivity index (χ1n) is 12.2. The number of nitrogens with one attached hydrogen (secondary N) is 1. The first-order chi connectivity index (χ1) is 15.3. The molecule has 6 nitrogen and oxygen atoms in total. The Bertz CT molecular complexity index is 861. The average molecular weight is 441 g/mol. The molecule has 0 unspecified atom stereocenters. The number of benzene rings is 1. The number of nitrogens with zero attached hydrogens (tertiary/aromatic N) is 1. The van der Waals surface area contributed by atoms with Crippen LogP contribution in [0.3, 0.4) is 0 Å². The van der Waals surface area contributed by atoms with Crippen molar-refractivity contribution in [1.82, 2.24) is 10.2 Å². The molecule has 2 saturated carbocycles. The number of carbonyl (C=O) groups is 3. The summed E-state index contributed by atoms with van der Waals surface area (Å²) in [4.78, 5) is 39.9. The minimum Gasteiger partial charge on any atom is -0.452 e. The van der Waals surface area contributed by atoms with Crippen LogP contribution in [0.25, 0.3) is 0 Å². The normalized spacial score (nSPS) is 27.1. The highest BCUT2D eigenvalue weighted by Crippen LogP contribution is 2.49. The lowest BCUT2D eigenvalue weighted by molar-refractivity contribution is -0.160. The fraction of sp³-hybridized carbons (Fsp3) is 0.654. The number of carbonyl (C=O) groups excluding carboxylic acids is 3. The minimum atomic E-state index is -0.796. The van der Waals surface area contributed by atoms with Gasteiger partial charge in [0, 0.05) is 24.7 Å². The zero-order valence-corrected chi connectivity index (χ0v) is 19.5. The van der Waals surface area contributed by atoms with E-state index in [-0.39, 0.29) is 29.7 Å². The summed E-state index contributed by atoms with van der Waals surface area (Å²) < 4.78 is 5.52. The predicted molar refractivity (Wildman–Crippen MR) is 122 cm³/mol. The molecule has 1 saturated heterocycles. The van der Waals surface area contributed by atoms with E-state index in [2.05, 4.69) is 12.2 Å². The van der Waals surface area contributed by atoms with Crippen LogP contribution in [0.1, 0.15) is 68.3 Å². The first kappa shape index (κ1) is 22.8. The third-order valence-corrected chi connectivity index (χ3v) is 7.96. The van der Waals surface area contributed by atoms with Crippen molar-refractivity contribution in [2.24, 2.45) is 23.7 Å². The van der Waals surface area contributed by atoms with Gasteiger partial charge in [-0.25, -0.2) is 0 Å². The molecule has 5 atom stereocenters. The fourth-order valence-electron chi connectivity index (χ4n) is 5.98. The number of rotatable bonds is 6. The lowest BCUT2D eigenvalue weighted by Crippen LogP contribution is -2.46. The van der Waals surface area contributed by atoms with E-state index in [1.54, 1.807) is 11.8 Å². The molecule has 1 aromatic carbocycles. The third-order valence-electron chi connectivity index (χ3n) is 7.96. The van der Waals surface area contributed by atoms with Gasteiger partial charge in [0.15, 0.2) is 6.10 Å². The van der Waals surface area contributed by atoms with Gasteiger partial charge in [-0.05, 0) is 82.3 Å². The highest BCUT2D eigenvalue weighted by atomic mass is 16.5. The Morgan fingerprint density at radius 2 is 1.75 bits per heavy atom. The molecule has 2 aliphatic carbocycles. The van der Waals surface area contributed by atoms with Crippen LogP contribution >= 0.6 is 0 Å². The molecule has 4 rings (SSSR count). The number of aryl methyl sites for hydroxylation is 1. The Balaban J connectivity index is 1.22. The maximum absolute atomic E-state index is 12.8. The highest BCUT2D eigenvalue weighted by molar-refractivity contribution is 5.95. The molecule has 1 N–H and O–H groups in total. The SMILES string of the molecule is Cc1ccccc1C(=O)N1CCC(C(=O)O[C@H](C)C(=O)N[C@@H](C)[C@H]2C[C@H]3CC[C@H]2C3)CC1. The molecular formula is C26H36N2O4. The summed E-state index contributed by atoms with van der Waals surface area (Å²) in [6.45, 7) is 6.71. The number of fused-ring (bicyclic) bond motifs is 2. The molecular weight excluding hydrogens is 404 g/mol. The number of hydrogen-bond acceptors (Lipinski definition) is 4. The van der Waals surface area contributed by atoms with E-state index >= 15 is 0 Å². The largest absolute Gasteiger partial charge is 0.452 e. The standard InChI is InChI=1S/C26H36N2O4/c1-16-6-4-5-7-22(16)25(30)28-12-10-20(11-13-28)26(31)32-18(3)24(29)27-17(2)23-15-19-8-9-21(23)14-19/h4-7,17-21,23H,8-15H2,1-3H3,(H,27,29)/t17-,18+,19-,21-,23+/m0/s1. The van der Waals surface area contributed by atoms with Crippen LogP contribution < -0.4 is 5.32 Å². The predicted octanol–water partition coefficient (Wildman–Crippen LogP) is 3.72. The number of amides is 2. The second kappa shape index (κ2) is 9.63. The van der Waals surface area contributed by atoms with Gasteiger partial charge >= 0.3 is 5.97 Å². The molecule has 3 fully saturated rings. The van der Waals surface area contributed by atoms with Gasteiger partial charge in [-0.15, -0.1) is 0 Å². The van der Waals surface area contributed by atoms with Crippen LogP contribution in [-0.4, -0.2) is 47.9 Å². The quantitative estimate of drug-likeness (QED) is 0.684. The van der Waals surface area contributed by atoms with Crippen molar-refractivity contribution in [2.45, 2.75) is 71.4 Å². The summed E-state index contributed by atoms with van der Waals surface area (Å²) in [5.74, 6) is 1.33. The van der Waals surface area contributed by atoms with Crippen LogP contribution in [-0.2, 0) is 14.3 Å². The van der Waals surface area contributed by atoms with Crippen LogP contribution in [0.4, 0.5) is 0 Å². The van der Waals surface area contributed by atoms with Crippen molar-refractivity contribution in [3.8, 4) is 0 Å². The second-order valence-corrected chi connectivity index (χ2v) is 10.1. The van der Waals surface area contributed by atoms with Crippen molar-refractivity contribution < 1.29 is 19.1 Å². The Labute approximate surface area is 191 Å². The Kier molecular flexibility index (Phi) is 6.87. The molecule has 6 heteroatoms. The molecule has 2 amide bonds. The van der Waals surface area contributed by atoms with E-state index in [0.29, 0.717) is 37.4 Å². The summed E-state index contributed by atoms with van der Waals surface area (Å²) in [6, 6.07) is 7.69. The number of esters is 1. The van der Waals surface area contributed by atoms with Gasteiger partial charge in [-0.1, -0.05) is 24.6 Å². The number of ether oxygens (including phenoxy) is 1. The van der Waals surface area contributed by atoms with Gasteiger partial charge in [-0.3, -0.25) is 14.4 Å². The number of hydrogen-bond donors (Lipinski definition) is 1. The topological polar surface area (TPSA) is 75.7 Å². The third kappa shape index (κ3) is 4.84.